The average Bonchev–Trinajstić information content (AvgIpc) is 2.98. The van der Waals surface area contributed by atoms with Crippen molar-refractivity contribution in [2.75, 3.05) is 17.7 Å². The summed E-state index contributed by atoms with van der Waals surface area (Å²) in [6, 6.07) is 7.65. The Labute approximate surface area is 122 Å². The molecule has 2 heterocycles. The van der Waals surface area contributed by atoms with Crippen molar-refractivity contribution < 1.29 is 0 Å². The van der Waals surface area contributed by atoms with Crippen LogP contribution in [0.25, 0.3) is 5.65 Å². The molecule has 0 unspecified atom stereocenters. The molecule has 0 radical (unpaired) electrons. The standard InChI is InChI=1S/C15H14N6/c1-10-3-4-11(8-16)7-12(10)19-14-15-18-5-6-21(15)9-13(17-2)20-14/h3-7,9,17H,1-2H3,(H,19,20). The number of aryl methyl sites for hydroxylation is 1. The minimum absolute atomic E-state index is 0.604. The van der Waals surface area contributed by atoms with Crippen LogP contribution >= 0.6 is 0 Å². The van der Waals surface area contributed by atoms with Gasteiger partial charge < -0.3 is 15.0 Å². The quantitative estimate of drug-likeness (QED) is 0.770. The topological polar surface area (TPSA) is 78.0 Å². The van der Waals surface area contributed by atoms with Crippen molar-refractivity contribution in [3.05, 3.63) is 47.9 Å². The summed E-state index contributed by atoms with van der Waals surface area (Å²) in [5.74, 6) is 1.38. The molecular formula is C15H14N6. The first-order valence-corrected chi connectivity index (χ1v) is 6.50. The maximum atomic E-state index is 9.02. The minimum Gasteiger partial charge on any atom is -0.372 e. The van der Waals surface area contributed by atoms with Gasteiger partial charge in [0.05, 0.1) is 17.8 Å². The van der Waals surface area contributed by atoms with E-state index in [1.807, 2.05) is 42.9 Å². The Bertz CT molecular complexity index is 843. The zero-order chi connectivity index (χ0) is 14.8. The number of benzene rings is 1. The number of fused-ring (bicyclic) bond motifs is 1. The van der Waals surface area contributed by atoms with Crippen molar-refractivity contribution in [2.45, 2.75) is 6.92 Å². The van der Waals surface area contributed by atoms with Crippen LogP contribution in [0.4, 0.5) is 17.3 Å². The van der Waals surface area contributed by atoms with Crippen LogP contribution in [0.3, 0.4) is 0 Å². The molecular weight excluding hydrogens is 264 g/mol. The Morgan fingerprint density at radius 2 is 2.19 bits per heavy atom. The van der Waals surface area contributed by atoms with Gasteiger partial charge in [0.1, 0.15) is 5.82 Å². The number of nitriles is 1. The molecule has 1 aromatic carbocycles. The van der Waals surface area contributed by atoms with Crippen LogP contribution in [0.5, 0.6) is 0 Å². The predicted octanol–water partition coefficient (Wildman–Crippen LogP) is 2.69. The number of hydrogen-bond donors (Lipinski definition) is 2. The second-order valence-electron chi connectivity index (χ2n) is 4.65. The number of hydrogen-bond acceptors (Lipinski definition) is 5. The van der Waals surface area contributed by atoms with E-state index < -0.39 is 0 Å². The molecule has 0 saturated carbocycles. The first kappa shape index (κ1) is 12.9. The number of nitrogens with zero attached hydrogens (tertiary/aromatic N) is 4. The lowest BCUT2D eigenvalue weighted by Gasteiger charge is -2.11. The van der Waals surface area contributed by atoms with Crippen molar-refractivity contribution in [3.8, 4) is 6.07 Å². The second kappa shape index (κ2) is 5.13. The molecule has 2 N–H and O–H groups in total. The molecule has 3 aromatic rings. The van der Waals surface area contributed by atoms with Crippen LogP contribution in [0.1, 0.15) is 11.1 Å². The van der Waals surface area contributed by atoms with Gasteiger partial charge in [-0.2, -0.15) is 5.26 Å². The molecule has 0 saturated heterocycles. The maximum absolute atomic E-state index is 9.02. The summed E-state index contributed by atoms with van der Waals surface area (Å²) < 4.78 is 1.89. The predicted molar refractivity (Wildman–Crippen MR) is 81.7 cm³/mol. The first-order valence-electron chi connectivity index (χ1n) is 6.50. The fraction of sp³-hybridized carbons (Fsp3) is 0.133. The molecule has 3 rings (SSSR count). The largest absolute Gasteiger partial charge is 0.372 e. The van der Waals surface area contributed by atoms with Crippen molar-refractivity contribution in [1.29, 1.82) is 5.26 Å². The van der Waals surface area contributed by atoms with E-state index in [0.29, 0.717) is 11.4 Å². The van der Waals surface area contributed by atoms with Crippen molar-refractivity contribution in [1.82, 2.24) is 14.4 Å². The maximum Gasteiger partial charge on any atom is 0.180 e. The summed E-state index contributed by atoms with van der Waals surface area (Å²) in [7, 11) is 1.82. The van der Waals surface area contributed by atoms with E-state index in [1.165, 1.54) is 0 Å². The third kappa shape index (κ3) is 2.37. The van der Waals surface area contributed by atoms with Crippen LogP contribution in [0.2, 0.25) is 0 Å². The molecule has 0 fully saturated rings. The molecule has 0 bridgehead atoms. The molecule has 104 valence electrons. The van der Waals surface area contributed by atoms with Gasteiger partial charge in [-0.25, -0.2) is 9.97 Å². The Morgan fingerprint density at radius 3 is 2.95 bits per heavy atom. The normalized spacial score (nSPS) is 10.3. The van der Waals surface area contributed by atoms with Crippen molar-refractivity contribution >= 4 is 23.0 Å². The minimum atomic E-state index is 0.604. The van der Waals surface area contributed by atoms with Gasteiger partial charge in [-0.15, -0.1) is 0 Å². The molecule has 0 aliphatic carbocycles. The number of rotatable bonds is 3. The van der Waals surface area contributed by atoms with Gasteiger partial charge in [0.15, 0.2) is 11.5 Å². The van der Waals surface area contributed by atoms with Crippen LogP contribution < -0.4 is 10.6 Å². The molecule has 21 heavy (non-hydrogen) atoms. The lowest BCUT2D eigenvalue weighted by Crippen LogP contribution is -2.03. The summed E-state index contributed by atoms with van der Waals surface area (Å²) in [6.07, 6.45) is 5.45. The zero-order valence-corrected chi connectivity index (χ0v) is 11.8. The third-order valence-corrected chi connectivity index (χ3v) is 3.25. The molecule has 0 amide bonds. The van der Waals surface area contributed by atoms with Gasteiger partial charge in [0.25, 0.3) is 0 Å². The van der Waals surface area contributed by atoms with Crippen molar-refractivity contribution in [2.24, 2.45) is 0 Å². The monoisotopic (exact) mass is 278 g/mol. The van der Waals surface area contributed by atoms with E-state index in [4.69, 9.17) is 5.26 Å². The molecule has 0 atom stereocenters. The summed E-state index contributed by atoms with van der Waals surface area (Å²) in [4.78, 5) is 8.80. The van der Waals surface area contributed by atoms with E-state index in [9.17, 15) is 0 Å². The Hall–Kier alpha value is -3.07. The summed E-state index contributed by atoms with van der Waals surface area (Å²) in [5.41, 5.74) is 3.22. The number of imidazole rings is 1. The number of nitrogens with one attached hydrogen (secondary N) is 2. The van der Waals surface area contributed by atoms with E-state index in [0.717, 1.165) is 22.7 Å². The zero-order valence-electron chi connectivity index (χ0n) is 11.8. The third-order valence-electron chi connectivity index (χ3n) is 3.25. The second-order valence-corrected chi connectivity index (χ2v) is 4.65. The fourth-order valence-corrected chi connectivity index (χ4v) is 2.09. The highest BCUT2D eigenvalue weighted by Crippen LogP contribution is 2.24. The van der Waals surface area contributed by atoms with E-state index in [1.54, 1.807) is 12.3 Å². The highest BCUT2D eigenvalue weighted by Gasteiger charge is 2.09. The number of anilines is 3. The Kier molecular flexibility index (Phi) is 3.16. The first-order chi connectivity index (χ1) is 10.2. The van der Waals surface area contributed by atoms with Crippen LogP contribution in [0, 0.1) is 18.3 Å². The highest BCUT2D eigenvalue weighted by atomic mass is 15.1. The summed E-state index contributed by atoms with van der Waals surface area (Å²) >= 11 is 0. The molecule has 0 spiro atoms. The van der Waals surface area contributed by atoms with Gasteiger partial charge in [-0.1, -0.05) is 6.07 Å². The van der Waals surface area contributed by atoms with Crippen LogP contribution in [-0.4, -0.2) is 21.4 Å². The summed E-state index contributed by atoms with van der Waals surface area (Å²) in [5, 5.41) is 15.3. The Morgan fingerprint density at radius 1 is 1.33 bits per heavy atom. The van der Waals surface area contributed by atoms with Gasteiger partial charge in [0.2, 0.25) is 0 Å². The Balaban J connectivity index is 2.09. The van der Waals surface area contributed by atoms with Crippen LogP contribution in [-0.2, 0) is 0 Å². The lowest BCUT2D eigenvalue weighted by atomic mass is 10.1. The van der Waals surface area contributed by atoms with E-state index >= 15 is 0 Å². The van der Waals surface area contributed by atoms with E-state index in [-0.39, 0.29) is 0 Å². The van der Waals surface area contributed by atoms with Gasteiger partial charge in [-0.05, 0) is 24.6 Å². The SMILES string of the molecule is CNc1cn2ccnc2c(Nc2cc(C#N)ccc2C)n1. The molecule has 0 aliphatic rings. The van der Waals surface area contributed by atoms with Gasteiger partial charge in [0, 0.05) is 25.1 Å². The van der Waals surface area contributed by atoms with Crippen LogP contribution in [0.15, 0.2) is 36.8 Å². The smallest absolute Gasteiger partial charge is 0.180 e. The average molecular weight is 278 g/mol. The fourth-order valence-electron chi connectivity index (χ4n) is 2.09. The molecule has 2 aromatic heterocycles. The molecule has 6 nitrogen and oxygen atoms in total. The molecule has 0 aliphatic heterocycles. The highest BCUT2D eigenvalue weighted by molar-refractivity contribution is 5.73. The number of aromatic nitrogens is 3. The van der Waals surface area contributed by atoms with E-state index in [2.05, 4.69) is 26.7 Å². The molecule has 6 heteroatoms. The van der Waals surface area contributed by atoms with Gasteiger partial charge >= 0.3 is 0 Å². The summed E-state index contributed by atoms with van der Waals surface area (Å²) in [6.45, 7) is 1.98. The van der Waals surface area contributed by atoms with Crippen molar-refractivity contribution in [3.63, 3.8) is 0 Å². The van der Waals surface area contributed by atoms with Gasteiger partial charge in [-0.3, -0.25) is 0 Å². The lowest BCUT2D eigenvalue weighted by molar-refractivity contribution is 1.12.